The second-order valence-electron chi connectivity index (χ2n) is 3.80. The van der Waals surface area contributed by atoms with Crippen LogP contribution in [0.4, 0.5) is 4.39 Å². The van der Waals surface area contributed by atoms with Gasteiger partial charge in [0, 0.05) is 16.4 Å². The molecule has 0 bridgehead atoms. The van der Waals surface area contributed by atoms with Gasteiger partial charge in [0.15, 0.2) is 0 Å². The highest BCUT2D eigenvalue weighted by Gasteiger charge is 2.11. The van der Waals surface area contributed by atoms with Gasteiger partial charge in [-0.15, -0.1) is 11.6 Å². The quantitative estimate of drug-likeness (QED) is 0.649. The zero-order valence-electron chi connectivity index (χ0n) is 9.47. The first-order valence-electron chi connectivity index (χ1n) is 5.38. The van der Waals surface area contributed by atoms with Crippen LogP contribution in [-0.2, 0) is 0 Å². The third-order valence-corrected chi connectivity index (χ3v) is 2.95. The van der Waals surface area contributed by atoms with Crippen molar-refractivity contribution in [1.82, 2.24) is 5.32 Å². The van der Waals surface area contributed by atoms with Crippen LogP contribution >= 0.6 is 27.5 Å². The molecule has 1 amide bonds. The Bertz CT molecular complexity index is 398. The fourth-order valence-corrected chi connectivity index (χ4v) is 1.87. The monoisotopic (exact) mass is 321 g/mol. The number of hydrogen-bond acceptors (Lipinski definition) is 1. The number of amides is 1. The normalized spacial score (nSPS) is 12.2. The summed E-state index contributed by atoms with van der Waals surface area (Å²) in [5.74, 6) is -0.914. The lowest BCUT2D eigenvalue weighted by Crippen LogP contribution is -2.25. The topological polar surface area (TPSA) is 29.1 Å². The van der Waals surface area contributed by atoms with Crippen molar-refractivity contribution < 1.29 is 9.18 Å². The van der Waals surface area contributed by atoms with Gasteiger partial charge in [0.05, 0.1) is 5.56 Å². The molecule has 0 radical (unpaired) electrons. The molecular formula is C12H14BrClFNO. The minimum absolute atomic E-state index is 0.0540. The summed E-state index contributed by atoms with van der Waals surface area (Å²) in [7, 11) is 0. The van der Waals surface area contributed by atoms with Crippen LogP contribution in [0.2, 0.25) is 0 Å². The van der Waals surface area contributed by atoms with Crippen molar-refractivity contribution in [2.45, 2.75) is 25.1 Å². The molecule has 5 heteroatoms. The maximum atomic E-state index is 13.4. The number of halogens is 3. The lowest BCUT2D eigenvalue weighted by atomic mass is 10.2. The van der Waals surface area contributed by atoms with Crippen molar-refractivity contribution in [2.75, 3.05) is 6.54 Å². The van der Waals surface area contributed by atoms with E-state index in [2.05, 4.69) is 21.2 Å². The molecule has 94 valence electrons. The van der Waals surface area contributed by atoms with Crippen LogP contribution in [-0.4, -0.2) is 17.8 Å². The minimum Gasteiger partial charge on any atom is -0.352 e. The average molecular weight is 323 g/mol. The van der Waals surface area contributed by atoms with Crippen LogP contribution in [0.15, 0.2) is 22.7 Å². The molecule has 0 fully saturated rings. The van der Waals surface area contributed by atoms with E-state index in [4.69, 9.17) is 11.6 Å². The number of rotatable bonds is 5. The van der Waals surface area contributed by atoms with Crippen LogP contribution in [0.3, 0.4) is 0 Å². The molecule has 1 unspecified atom stereocenters. The van der Waals surface area contributed by atoms with Crippen molar-refractivity contribution in [3.05, 3.63) is 34.1 Å². The van der Waals surface area contributed by atoms with Gasteiger partial charge >= 0.3 is 0 Å². The number of carbonyl (C=O) groups excluding carboxylic acids is 1. The third-order valence-electron chi connectivity index (χ3n) is 2.24. The maximum absolute atomic E-state index is 13.4. The Kier molecular flexibility index (Phi) is 5.92. The van der Waals surface area contributed by atoms with Gasteiger partial charge < -0.3 is 5.32 Å². The summed E-state index contributed by atoms with van der Waals surface area (Å²) in [5, 5.41) is 2.76. The molecule has 0 aliphatic heterocycles. The maximum Gasteiger partial charge on any atom is 0.254 e. The molecule has 1 atom stereocenters. The number of hydrogen-bond donors (Lipinski definition) is 1. The van der Waals surface area contributed by atoms with Gasteiger partial charge in [0.1, 0.15) is 5.82 Å². The Morgan fingerprint density at radius 3 is 2.94 bits per heavy atom. The summed E-state index contributed by atoms with van der Waals surface area (Å²) in [6, 6.07) is 4.29. The first-order valence-corrected chi connectivity index (χ1v) is 6.61. The third kappa shape index (κ3) is 5.04. The number of nitrogens with one attached hydrogen (secondary N) is 1. The van der Waals surface area contributed by atoms with Gasteiger partial charge in [0.2, 0.25) is 0 Å². The van der Waals surface area contributed by atoms with E-state index in [1.165, 1.54) is 12.1 Å². The first-order chi connectivity index (χ1) is 8.00. The lowest BCUT2D eigenvalue weighted by molar-refractivity contribution is 0.0949. The molecule has 0 aliphatic rings. The smallest absolute Gasteiger partial charge is 0.254 e. The fourth-order valence-electron chi connectivity index (χ4n) is 1.35. The van der Waals surface area contributed by atoms with Crippen molar-refractivity contribution in [2.24, 2.45) is 0 Å². The Morgan fingerprint density at radius 2 is 2.29 bits per heavy atom. The van der Waals surface area contributed by atoms with Gasteiger partial charge in [-0.1, -0.05) is 15.9 Å². The molecule has 0 saturated heterocycles. The number of alkyl halides is 1. The minimum atomic E-state index is -0.517. The van der Waals surface area contributed by atoms with E-state index >= 15 is 0 Å². The number of benzene rings is 1. The van der Waals surface area contributed by atoms with Gasteiger partial charge in [-0.25, -0.2) is 4.39 Å². The van der Waals surface area contributed by atoms with E-state index in [1.54, 1.807) is 6.07 Å². The zero-order valence-corrected chi connectivity index (χ0v) is 11.8. The molecule has 1 aromatic rings. The zero-order chi connectivity index (χ0) is 12.8. The highest BCUT2D eigenvalue weighted by Crippen LogP contribution is 2.15. The van der Waals surface area contributed by atoms with Gasteiger partial charge in [0.25, 0.3) is 5.91 Å². The summed E-state index contributed by atoms with van der Waals surface area (Å²) in [5.41, 5.74) is 0.0540. The second-order valence-corrected chi connectivity index (χ2v) is 5.46. The fraction of sp³-hybridized carbons (Fsp3) is 0.417. The molecule has 1 rings (SSSR count). The van der Waals surface area contributed by atoms with Crippen molar-refractivity contribution in [3.8, 4) is 0 Å². The van der Waals surface area contributed by atoms with Gasteiger partial charge in [-0.3, -0.25) is 4.79 Å². The van der Waals surface area contributed by atoms with E-state index in [0.29, 0.717) is 11.0 Å². The predicted molar refractivity (Wildman–Crippen MR) is 71.0 cm³/mol. The second kappa shape index (κ2) is 6.97. The molecule has 17 heavy (non-hydrogen) atoms. The Morgan fingerprint density at radius 1 is 1.59 bits per heavy atom. The molecule has 0 aromatic heterocycles. The first kappa shape index (κ1) is 14.5. The van der Waals surface area contributed by atoms with Crippen LogP contribution < -0.4 is 5.32 Å². The lowest BCUT2D eigenvalue weighted by Gasteiger charge is -2.07. The van der Waals surface area contributed by atoms with Crippen molar-refractivity contribution in [3.63, 3.8) is 0 Å². The molecule has 0 aliphatic carbocycles. The Balaban J connectivity index is 2.49. The Labute approximate surface area is 114 Å². The van der Waals surface area contributed by atoms with Crippen molar-refractivity contribution in [1.29, 1.82) is 0 Å². The molecule has 0 heterocycles. The summed E-state index contributed by atoms with van der Waals surface area (Å²) < 4.78 is 14.0. The van der Waals surface area contributed by atoms with Crippen LogP contribution in [0, 0.1) is 5.82 Å². The van der Waals surface area contributed by atoms with Crippen LogP contribution in [0.5, 0.6) is 0 Å². The highest BCUT2D eigenvalue weighted by atomic mass is 79.9. The van der Waals surface area contributed by atoms with E-state index in [9.17, 15) is 9.18 Å². The van der Waals surface area contributed by atoms with Gasteiger partial charge in [-0.2, -0.15) is 0 Å². The SMILES string of the molecule is CC(Cl)CCCNC(=O)c1cc(Br)ccc1F. The highest BCUT2D eigenvalue weighted by molar-refractivity contribution is 9.10. The largest absolute Gasteiger partial charge is 0.352 e. The molecule has 1 aromatic carbocycles. The summed E-state index contributed by atoms with van der Waals surface area (Å²) in [6.07, 6.45) is 1.61. The summed E-state index contributed by atoms with van der Waals surface area (Å²) in [4.78, 5) is 11.7. The predicted octanol–water partition coefficient (Wildman–Crippen LogP) is 3.73. The van der Waals surface area contributed by atoms with E-state index in [1.807, 2.05) is 6.92 Å². The van der Waals surface area contributed by atoms with Crippen molar-refractivity contribution >= 4 is 33.4 Å². The summed E-state index contributed by atoms with van der Waals surface area (Å²) in [6.45, 7) is 2.40. The molecule has 1 N–H and O–H groups in total. The van der Waals surface area contributed by atoms with E-state index in [0.717, 1.165) is 12.8 Å². The Hall–Kier alpha value is -0.610. The van der Waals surface area contributed by atoms with Crippen LogP contribution in [0.25, 0.3) is 0 Å². The van der Waals surface area contributed by atoms with Crippen LogP contribution in [0.1, 0.15) is 30.1 Å². The van der Waals surface area contributed by atoms with E-state index < -0.39 is 11.7 Å². The molecule has 2 nitrogen and oxygen atoms in total. The molecule has 0 saturated carbocycles. The average Bonchev–Trinajstić information content (AvgIpc) is 2.27. The number of carbonyl (C=O) groups is 1. The molecule has 0 spiro atoms. The summed E-state index contributed by atoms with van der Waals surface area (Å²) >= 11 is 8.98. The van der Waals surface area contributed by atoms with Gasteiger partial charge in [-0.05, 0) is 38.0 Å². The molecular weight excluding hydrogens is 308 g/mol. The standard InChI is InChI=1S/C12H14BrClFNO/c1-8(14)3-2-6-16-12(17)10-7-9(13)4-5-11(10)15/h4-5,7-8H,2-3,6H2,1H3,(H,16,17). The van der Waals surface area contributed by atoms with E-state index in [-0.39, 0.29) is 10.9 Å².